The number of hydrogen-bond acceptors (Lipinski definition) is 2. The highest BCUT2D eigenvalue weighted by molar-refractivity contribution is 5.76. The summed E-state index contributed by atoms with van der Waals surface area (Å²) in [5, 5.41) is 3.02. The van der Waals surface area contributed by atoms with Gasteiger partial charge in [0, 0.05) is 31.7 Å². The lowest BCUT2D eigenvalue weighted by molar-refractivity contribution is -0.121. The number of para-hydroxylation sites is 1. The number of hydrogen-bond donors (Lipinski definition) is 1. The molecule has 0 aromatic heterocycles. The van der Waals surface area contributed by atoms with Gasteiger partial charge in [-0.2, -0.15) is 0 Å². The number of nitrogens with one attached hydrogen (secondary N) is 1. The summed E-state index contributed by atoms with van der Waals surface area (Å²) in [7, 11) is 0. The maximum absolute atomic E-state index is 12.3. The van der Waals surface area contributed by atoms with Crippen LogP contribution in [0.15, 0.2) is 84.9 Å². The smallest absolute Gasteiger partial charge is 0.222 e. The fourth-order valence-electron chi connectivity index (χ4n) is 2.97. The van der Waals surface area contributed by atoms with Crippen molar-refractivity contribution >= 4 is 11.6 Å². The van der Waals surface area contributed by atoms with Crippen molar-refractivity contribution < 1.29 is 4.79 Å². The number of benzene rings is 3. The Labute approximate surface area is 161 Å². The Morgan fingerprint density at radius 3 is 2.11 bits per heavy atom. The molecular weight excluding hydrogens is 332 g/mol. The number of aryl methyl sites for hydroxylation is 1. The monoisotopic (exact) mass is 358 g/mol. The van der Waals surface area contributed by atoms with Gasteiger partial charge < -0.3 is 10.2 Å². The molecule has 0 bridgehead atoms. The van der Waals surface area contributed by atoms with Gasteiger partial charge in [-0.3, -0.25) is 4.79 Å². The van der Waals surface area contributed by atoms with Crippen molar-refractivity contribution in [2.75, 3.05) is 11.4 Å². The molecule has 27 heavy (non-hydrogen) atoms. The minimum absolute atomic E-state index is 0.0737. The zero-order valence-electron chi connectivity index (χ0n) is 15.8. The third-order valence-electron chi connectivity index (χ3n) is 4.56. The molecular formula is C24H26N2O. The lowest BCUT2D eigenvalue weighted by Crippen LogP contribution is -2.30. The van der Waals surface area contributed by atoms with E-state index in [0.717, 1.165) is 17.8 Å². The Morgan fingerprint density at radius 1 is 0.815 bits per heavy atom. The van der Waals surface area contributed by atoms with Crippen molar-refractivity contribution in [3.63, 3.8) is 0 Å². The molecule has 0 unspecified atom stereocenters. The van der Waals surface area contributed by atoms with Gasteiger partial charge in [-0.1, -0.05) is 78.4 Å². The first-order valence-electron chi connectivity index (χ1n) is 9.37. The second-order valence-electron chi connectivity index (χ2n) is 6.76. The van der Waals surface area contributed by atoms with Gasteiger partial charge in [0.2, 0.25) is 5.91 Å². The first-order valence-corrected chi connectivity index (χ1v) is 9.37. The van der Waals surface area contributed by atoms with E-state index in [2.05, 4.69) is 65.7 Å². The van der Waals surface area contributed by atoms with Gasteiger partial charge in [0.1, 0.15) is 0 Å². The molecule has 0 radical (unpaired) electrons. The van der Waals surface area contributed by atoms with Crippen LogP contribution >= 0.6 is 0 Å². The molecule has 3 aromatic carbocycles. The molecule has 0 saturated heterocycles. The molecule has 0 saturated carbocycles. The maximum Gasteiger partial charge on any atom is 0.222 e. The summed E-state index contributed by atoms with van der Waals surface area (Å²) in [5.41, 5.74) is 4.72. The van der Waals surface area contributed by atoms with Crippen LogP contribution in [-0.2, 0) is 17.9 Å². The van der Waals surface area contributed by atoms with Crippen molar-refractivity contribution in [2.24, 2.45) is 0 Å². The van der Waals surface area contributed by atoms with Gasteiger partial charge >= 0.3 is 0 Å². The van der Waals surface area contributed by atoms with Gasteiger partial charge in [0.25, 0.3) is 0 Å². The predicted molar refractivity (Wildman–Crippen MR) is 112 cm³/mol. The second kappa shape index (κ2) is 9.58. The molecule has 0 aliphatic heterocycles. The summed E-state index contributed by atoms with van der Waals surface area (Å²) in [6.07, 6.45) is 0.466. The maximum atomic E-state index is 12.3. The fourth-order valence-corrected chi connectivity index (χ4v) is 2.97. The van der Waals surface area contributed by atoms with Crippen LogP contribution in [0.1, 0.15) is 23.1 Å². The molecule has 3 aromatic rings. The lowest BCUT2D eigenvalue weighted by Gasteiger charge is -2.25. The lowest BCUT2D eigenvalue weighted by atomic mass is 10.1. The summed E-state index contributed by atoms with van der Waals surface area (Å²) in [6.45, 7) is 4.10. The van der Waals surface area contributed by atoms with Crippen molar-refractivity contribution in [3.05, 3.63) is 102 Å². The van der Waals surface area contributed by atoms with Gasteiger partial charge in [-0.15, -0.1) is 0 Å². The normalized spacial score (nSPS) is 10.4. The molecule has 3 rings (SSSR count). The molecule has 0 aliphatic carbocycles. The minimum atomic E-state index is 0.0737. The number of carbonyl (C=O) groups is 1. The van der Waals surface area contributed by atoms with Gasteiger partial charge in [0.15, 0.2) is 0 Å². The Morgan fingerprint density at radius 2 is 1.44 bits per heavy atom. The van der Waals surface area contributed by atoms with Crippen molar-refractivity contribution in [1.82, 2.24) is 5.32 Å². The Bertz CT molecular complexity index is 829. The largest absolute Gasteiger partial charge is 0.367 e. The number of carbonyl (C=O) groups excluding carboxylic acids is 1. The predicted octanol–water partition coefficient (Wildman–Crippen LogP) is 4.71. The molecule has 1 N–H and O–H groups in total. The summed E-state index contributed by atoms with van der Waals surface area (Å²) < 4.78 is 0. The molecule has 0 heterocycles. The average molecular weight is 358 g/mol. The van der Waals surface area contributed by atoms with Crippen molar-refractivity contribution in [3.8, 4) is 0 Å². The van der Waals surface area contributed by atoms with Crippen LogP contribution in [-0.4, -0.2) is 12.5 Å². The van der Waals surface area contributed by atoms with Gasteiger partial charge in [-0.05, 0) is 30.2 Å². The first kappa shape index (κ1) is 18.7. The van der Waals surface area contributed by atoms with E-state index in [1.165, 1.54) is 11.1 Å². The summed E-state index contributed by atoms with van der Waals surface area (Å²) >= 11 is 0. The topological polar surface area (TPSA) is 32.3 Å². The zero-order valence-corrected chi connectivity index (χ0v) is 15.8. The average Bonchev–Trinajstić information content (AvgIpc) is 2.72. The van der Waals surface area contributed by atoms with Crippen LogP contribution in [0.4, 0.5) is 5.69 Å². The Balaban J connectivity index is 1.57. The molecule has 138 valence electrons. The van der Waals surface area contributed by atoms with E-state index >= 15 is 0 Å². The number of amides is 1. The highest BCUT2D eigenvalue weighted by Gasteiger charge is 2.10. The molecule has 3 nitrogen and oxygen atoms in total. The van der Waals surface area contributed by atoms with Gasteiger partial charge in [-0.25, -0.2) is 0 Å². The highest BCUT2D eigenvalue weighted by atomic mass is 16.1. The number of rotatable bonds is 8. The van der Waals surface area contributed by atoms with Crippen LogP contribution in [0.3, 0.4) is 0 Å². The van der Waals surface area contributed by atoms with E-state index in [-0.39, 0.29) is 5.91 Å². The SMILES string of the molecule is Cc1ccc(CNC(=O)CCN(Cc2ccccc2)c2ccccc2)cc1. The van der Waals surface area contributed by atoms with Crippen LogP contribution in [0.2, 0.25) is 0 Å². The van der Waals surface area contributed by atoms with Gasteiger partial charge in [0.05, 0.1) is 0 Å². The van der Waals surface area contributed by atoms with E-state index in [9.17, 15) is 4.79 Å². The zero-order chi connectivity index (χ0) is 18.9. The summed E-state index contributed by atoms with van der Waals surface area (Å²) in [4.78, 5) is 14.6. The number of nitrogens with zero attached hydrogens (tertiary/aromatic N) is 1. The second-order valence-corrected chi connectivity index (χ2v) is 6.76. The van der Waals surface area contributed by atoms with E-state index in [0.29, 0.717) is 19.5 Å². The summed E-state index contributed by atoms with van der Waals surface area (Å²) in [6, 6.07) is 28.9. The first-order chi connectivity index (χ1) is 13.2. The fraction of sp³-hybridized carbons (Fsp3) is 0.208. The van der Waals surface area contributed by atoms with Crippen LogP contribution in [0.25, 0.3) is 0 Å². The molecule has 0 atom stereocenters. The molecule has 0 aliphatic rings. The van der Waals surface area contributed by atoms with E-state index in [4.69, 9.17) is 0 Å². The Kier molecular flexibility index (Phi) is 6.64. The van der Waals surface area contributed by atoms with Crippen molar-refractivity contribution in [2.45, 2.75) is 26.4 Å². The van der Waals surface area contributed by atoms with Crippen molar-refractivity contribution in [1.29, 1.82) is 0 Å². The Hall–Kier alpha value is -3.07. The molecule has 0 fully saturated rings. The summed E-state index contributed by atoms with van der Waals surface area (Å²) in [5.74, 6) is 0.0737. The molecule has 1 amide bonds. The highest BCUT2D eigenvalue weighted by Crippen LogP contribution is 2.17. The third kappa shape index (κ3) is 6.00. The van der Waals surface area contributed by atoms with E-state index in [1.807, 2.05) is 36.4 Å². The third-order valence-corrected chi connectivity index (χ3v) is 4.56. The molecule has 0 spiro atoms. The number of anilines is 1. The molecule has 3 heteroatoms. The minimum Gasteiger partial charge on any atom is -0.367 e. The standard InChI is InChI=1S/C24H26N2O/c1-20-12-14-21(15-13-20)18-25-24(27)16-17-26(23-10-6-3-7-11-23)19-22-8-4-2-5-9-22/h2-15H,16-19H2,1H3,(H,25,27). The van der Waals surface area contributed by atoms with E-state index in [1.54, 1.807) is 0 Å². The van der Waals surface area contributed by atoms with Crippen LogP contribution in [0, 0.1) is 6.92 Å². The van der Waals surface area contributed by atoms with Crippen LogP contribution in [0.5, 0.6) is 0 Å². The quantitative estimate of drug-likeness (QED) is 0.632. The van der Waals surface area contributed by atoms with Crippen LogP contribution < -0.4 is 10.2 Å². The van der Waals surface area contributed by atoms with E-state index < -0.39 is 0 Å².